The van der Waals surface area contributed by atoms with Gasteiger partial charge in [0.2, 0.25) is 0 Å². The van der Waals surface area contributed by atoms with E-state index in [4.69, 9.17) is 9.47 Å². The minimum absolute atomic E-state index is 0.348. The van der Waals surface area contributed by atoms with E-state index < -0.39 is 0 Å². The zero-order valence-corrected chi connectivity index (χ0v) is 15.2. The molecular weight excluding hydrogens is 340 g/mol. The van der Waals surface area contributed by atoms with Crippen LogP contribution in [0.5, 0.6) is 11.5 Å². The highest BCUT2D eigenvalue weighted by Crippen LogP contribution is 2.30. The van der Waals surface area contributed by atoms with Crippen molar-refractivity contribution in [2.24, 2.45) is 5.10 Å². The molecule has 0 saturated carbocycles. The van der Waals surface area contributed by atoms with Crippen LogP contribution in [0.4, 0.5) is 0 Å². The van der Waals surface area contributed by atoms with E-state index >= 15 is 0 Å². The SMILES string of the molecule is COc1cccc(C(=O)NN=C(c2ccccc2)c2ccccc2)c1OC. The van der Waals surface area contributed by atoms with Gasteiger partial charge in [-0.1, -0.05) is 66.7 Å². The van der Waals surface area contributed by atoms with Crippen molar-refractivity contribution in [2.45, 2.75) is 0 Å². The van der Waals surface area contributed by atoms with E-state index in [1.807, 2.05) is 60.7 Å². The van der Waals surface area contributed by atoms with Gasteiger partial charge in [-0.15, -0.1) is 0 Å². The largest absolute Gasteiger partial charge is 0.493 e. The minimum atomic E-state index is -0.380. The molecule has 0 spiro atoms. The van der Waals surface area contributed by atoms with Crippen LogP contribution in [0.1, 0.15) is 21.5 Å². The second-order valence-electron chi connectivity index (χ2n) is 5.67. The maximum absolute atomic E-state index is 12.7. The third-order valence-corrected chi connectivity index (χ3v) is 4.01. The Bertz CT molecular complexity index is 897. The molecule has 0 fully saturated rings. The third kappa shape index (κ3) is 4.15. The predicted octanol–water partition coefficient (Wildman–Crippen LogP) is 3.89. The Morgan fingerprint density at radius 1 is 0.778 bits per heavy atom. The van der Waals surface area contributed by atoms with Crippen molar-refractivity contribution in [3.63, 3.8) is 0 Å². The fraction of sp³-hybridized carbons (Fsp3) is 0.0909. The van der Waals surface area contributed by atoms with Crippen LogP contribution >= 0.6 is 0 Å². The molecule has 0 bridgehead atoms. The molecule has 5 nitrogen and oxygen atoms in total. The molecule has 0 atom stereocenters. The lowest BCUT2D eigenvalue weighted by molar-refractivity contribution is 0.0951. The number of ether oxygens (including phenoxy) is 2. The Labute approximate surface area is 158 Å². The molecular formula is C22H20N2O3. The highest BCUT2D eigenvalue weighted by molar-refractivity contribution is 6.13. The molecule has 0 unspecified atom stereocenters. The van der Waals surface area contributed by atoms with Crippen LogP contribution in [0.3, 0.4) is 0 Å². The van der Waals surface area contributed by atoms with Crippen LogP contribution in [-0.2, 0) is 0 Å². The zero-order chi connectivity index (χ0) is 19.1. The van der Waals surface area contributed by atoms with E-state index in [-0.39, 0.29) is 5.91 Å². The average Bonchev–Trinajstić information content (AvgIpc) is 2.74. The first-order valence-electron chi connectivity index (χ1n) is 8.44. The molecule has 27 heavy (non-hydrogen) atoms. The van der Waals surface area contributed by atoms with Gasteiger partial charge in [-0.3, -0.25) is 4.79 Å². The summed E-state index contributed by atoms with van der Waals surface area (Å²) in [5, 5.41) is 4.39. The summed E-state index contributed by atoms with van der Waals surface area (Å²) in [7, 11) is 3.03. The van der Waals surface area contributed by atoms with Gasteiger partial charge in [0.05, 0.1) is 25.5 Å². The summed E-state index contributed by atoms with van der Waals surface area (Å²) in [5.41, 5.74) is 5.46. The molecule has 0 aliphatic carbocycles. The summed E-state index contributed by atoms with van der Waals surface area (Å²) in [5.74, 6) is 0.476. The maximum Gasteiger partial charge on any atom is 0.275 e. The number of methoxy groups -OCH3 is 2. The van der Waals surface area contributed by atoms with E-state index in [9.17, 15) is 4.79 Å². The number of amides is 1. The van der Waals surface area contributed by atoms with Gasteiger partial charge in [-0.25, -0.2) is 5.43 Å². The van der Waals surface area contributed by atoms with Gasteiger partial charge in [-0.05, 0) is 12.1 Å². The molecule has 0 radical (unpaired) electrons. The zero-order valence-electron chi connectivity index (χ0n) is 15.2. The summed E-state index contributed by atoms with van der Waals surface area (Å²) in [4.78, 5) is 12.7. The van der Waals surface area contributed by atoms with Crippen molar-refractivity contribution in [3.8, 4) is 11.5 Å². The number of carbonyl (C=O) groups is 1. The number of hydrogen-bond acceptors (Lipinski definition) is 4. The molecule has 3 aromatic carbocycles. The Morgan fingerprint density at radius 3 is 1.89 bits per heavy atom. The smallest absolute Gasteiger partial charge is 0.275 e. The summed E-state index contributed by atoms with van der Waals surface area (Å²) in [6, 6.07) is 24.5. The summed E-state index contributed by atoms with van der Waals surface area (Å²) < 4.78 is 10.6. The van der Waals surface area contributed by atoms with Crippen LogP contribution in [0.15, 0.2) is 84.0 Å². The number of para-hydroxylation sites is 1. The first-order chi connectivity index (χ1) is 13.2. The van der Waals surface area contributed by atoms with Gasteiger partial charge in [0.25, 0.3) is 5.91 Å². The van der Waals surface area contributed by atoms with E-state index in [1.165, 1.54) is 14.2 Å². The van der Waals surface area contributed by atoms with Gasteiger partial charge in [0.1, 0.15) is 0 Å². The topological polar surface area (TPSA) is 59.9 Å². The molecule has 0 saturated heterocycles. The molecule has 1 N–H and O–H groups in total. The van der Waals surface area contributed by atoms with Crippen LogP contribution in [0.2, 0.25) is 0 Å². The fourth-order valence-corrected chi connectivity index (χ4v) is 2.72. The molecule has 1 amide bonds. The van der Waals surface area contributed by atoms with Crippen LogP contribution in [-0.4, -0.2) is 25.8 Å². The van der Waals surface area contributed by atoms with E-state index in [0.29, 0.717) is 22.8 Å². The standard InChI is InChI=1S/C22H20N2O3/c1-26-19-15-9-14-18(21(19)27-2)22(25)24-23-20(16-10-5-3-6-11-16)17-12-7-4-8-13-17/h3-15H,1-2H3,(H,24,25). The number of carbonyl (C=O) groups excluding carboxylic acids is 1. The number of hydrazone groups is 1. The summed E-state index contributed by atoms with van der Waals surface area (Å²) in [6.07, 6.45) is 0. The van der Waals surface area contributed by atoms with Gasteiger partial charge < -0.3 is 9.47 Å². The monoisotopic (exact) mass is 360 g/mol. The average molecular weight is 360 g/mol. The third-order valence-electron chi connectivity index (χ3n) is 4.01. The van der Waals surface area contributed by atoms with Crippen molar-refractivity contribution >= 4 is 11.6 Å². The van der Waals surface area contributed by atoms with E-state index in [0.717, 1.165) is 11.1 Å². The highest BCUT2D eigenvalue weighted by atomic mass is 16.5. The van der Waals surface area contributed by atoms with Crippen molar-refractivity contribution in [3.05, 3.63) is 95.6 Å². The lowest BCUT2D eigenvalue weighted by Crippen LogP contribution is -2.21. The first kappa shape index (κ1) is 18.2. The number of nitrogens with one attached hydrogen (secondary N) is 1. The molecule has 0 heterocycles. The lowest BCUT2D eigenvalue weighted by Gasteiger charge is -2.12. The molecule has 0 aliphatic heterocycles. The van der Waals surface area contributed by atoms with Gasteiger partial charge in [0.15, 0.2) is 11.5 Å². The number of benzene rings is 3. The number of nitrogens with zero attached hydrogens (tertiary/aromatic N) is 1. The van der Waals surface area contributed by atoms with Crippen LogP contribution in [0, 0.1) is 0 Å². The predicted molar refractivity (Wildman–Crippen MR) is 106 cm³/mol. The van der Waals surface area contributed by atoms with Crippen molar-refractivity contribution < 1.29 is 14.3 Å². The van der Waals surface area contributed by atoms with Crippen molar-refractivity contribution in [1.29, 1.82) is 0 Å². The molecule has 136 valence electrons. The minimum Gasteiger partial charge on any atom is -0.493 e. The van der Waals surface area contributed by atoms with E-state index in [2.05, 4.69) is 10.5 Å². The Balaban J connectivity index is 1.95. The normalized spacial score (nSPS) is 10.0. The molecule has 5 heteroatoms. The lowest BCUT2D eigenvalue weighted by atomic mass is 10.0. The Morgan fingerprint density at radius 2 is 1.37 bits per heavy atom. The Hall–Kier alpha value is -3.60. The highest BCUT2D eigenvalue weighted by Gasteiger charge is 2.16. The first-order valence-corrected chi connectivity index (χ1v) is 8.44. The second kappa shape index (κ2) is 8.67. The molecule has 0 aromatic heterocycles. The van der Waals surface area contributed by atoms with Gasteiger partial charge in [-0.2, -0.15) is 5.10 Å². The fourth-order valence-electron chi connectivity index (χ4n) is 2.72. The maximum atomic E-state index is 12.7. The number of hydrogen-bond donors (Lipinski definition) is 1. The molecule has 3 rings (SSSR count). The van der Waals surface area contributed by atoms with Crippen molar-refractivity contribution in [1.82, 2.24) is 5.43 Å². The number of rotatable bonds is 6. The van der Waals surface area contributed by atoms with Gasteiger partial charge >= 0.3 is 0 Å². The van der Waals surface area contributed by atoms with E-state index in [1.54, 1.807) is 18.2 Å². The summed E-state index contributed by atoms with van der Waals surface area (Å²) >= 11 is 0. The van der Waals surface area contributed by atoms with Crippen LogP contribution in [0.25, 0.3) is 0 Å². The molecule has 0 aliphatic rings. The van der Waals surface area contributed by atoms with Gasteiger partial charge in [0, 0.05) is 11.1 Å². The quantitative estimate of drug-likeness (QED) is 0.536. The van der Waals surface area contributed by atoms with Crippen molar-refractivity contribution in [2.75, 3.05) is 14.2 Å². The second-order valence-corrected chi connectivity index (χ2v) is 5.67. The Kier molecular flexibility index (Phi) is 5.84. The molecule has 3 aromatic rings. The summed E-state index contributed by atoms with van der Waals surface area (Å²) in [6.45, 7) is 0. The van der Waals surface area contributed by atoms with Crippen LogP contribution < -0.4 is 14.9 Å².